The summed E-state index contributed by atoms with van der Waals surface area (Å²) in [5.74, 6) is -1.43. The van der Waals surface area contributed by atoms with Gasteiger partial charge in [-0.25, -0.2) is 0 Å². The van der Waals surface area contributed by atoms with Crippen molar-refractivity contribution in [2.75, 3.05) is 18.0 Å². The van der Waals surface area contributed by atoms with Gasteiger partial charge < -0.3 is 15.3 Å². The Morgan fingerprint density at radius 1 is 1.60 bits per heavy atom. The van der Waals surface area contributed by atoms with Crippen molar-refractivity contribution in [2.24, 2.45) is 0 Å². The Balaban J connectivity index is 2.42. The number of aliphatic carboxylic acids is 1. The number of halogens is 1. The number of amides is 1. The highest BCUT2D eigenvalue weighted by Crippen LogP contribution is 2.27. The maximum absolute atomic E-state index is 11.9. The van der Waals surface area contributed by atoms with Crippen molar-refractivity contribution in [3.63, 3.8) is 0 Å². The molecule has 0 aromatic heterocycles. The highest BCUT2D eigenvalue weighted by molar-refractivity contribution is 6.30. The van der Waals surface area contributed by atoms with Crippen LogP contribution < -0.4 is 10.2 Å². The van der Waals surface area contributed by atoms with Crippen LogP contribution in [0.4, 0.5) is 5.69 Å². The van der Waals surface area contributed by atoms with E-state index in [1.807, 2.05) is 6.07 Å². The number of nitrogens with zero attached hydrogens (tertiary/aromatic N) is 2. The largest absolute Gasteiger partial charge is 0.481 e. The molecule has 1 aromatic carbocycles. The highest BCUT2D eigenvalue weighted by atomic mass is 35.5. The molecule has 0 saturated carbocycles. The summed E-state index contributed by atoms with van der Waals surface area (Å²) in [4.78, 5) is 24.4. The molecule has 2 rings (SSSR count). The summed E-state index contributed by atoms with van der Waals surface area (Å²) >= 11 is 5.93. The van der Waals surface area contributed by atoms with Crippen LogP contribution >= 0.6 is 11.6 Å². The van der Waals surface area contributed by atoms with E-state index >= 15 is 0 Å². The third kappa shape index (κ3) is 2.83. The number of carbonyl (C=O) groups excluding carboxylic acids is 1. The molecule has 0 radical (unpaired) electrons. The van der Waals surface area contributed by atoms with Crippen LogP contribution in [0.3, 0.4) is 0 Å². The molecule has 0 spiro atoms. The van der Waals surface area contributed by atoms with Crippen molar-refractivity contribution < 1.29 is 14.7 Å². The lowest BCUT2D eigenvalue weighted by Crippen LogP contribution is -2.56. The summed E-state index contributed by atoms with van der Waals surface area (Å²) in [5.41, 5.74) is 0.848. The lowest BCUT2D eigenvalue weighted by molar-refractivity contribution is -0.139. The Hall–Kier alpha value is -2.26. The molecule has 6 nitrogen and oxygen atoms in total. The summed E-state index contributed by atoms with van der Waals surface area (Å²) in [6, 6.07) is 5.91. The van der Waals surface area contributed by atoms with E-state index in [0.717, 1.165) is 0 Å². The number of nitrogens with one attached hydrogen (secondary N) is 1. The molecule has 1 amide bonds. The third-order valence-corrected chi connectivity index (χ3v) is 3.32. The Kier molecular flexibility index (Phi) is 4.11. The fourth-order valence-electron chi connectivity index (χ4n) is 2.21. The normalized spacial score (nSPS) is 18.3. The molecule has 7 heteroatoms. The molecule has 0 aliphatic carbocycles. The highest BCUT2D eigenvalue weighted by Gasteiger charge is 2.32. The minimum Gasteiger partial charge on any atom is -0.481 e. The molecule has 1 heterocycles. The molecule has 104 valence electrons. The lowest BCUT2D eigenvalue weighted by atomic mass is 10.1. The zero-order valence-corrected chi connectivity index (χ0v) is 11.2. The Bertz CT molecular complexity index is 597. The van der Waals surface area contributed by atoms with E-state index in [9.17, 15) is 9.59 Å². The minimum atomic E-state index is -1.07. The smallest absolute Gasteiger partial charge is 0.305 e. The van der Waals surface area contributed by atoms with Crippen molar-refractivity contribution in [1.82, 2.24) is 5.32 Å². The van der Waals surface area contributed by atoms with Gasteiger partial charge in [0.1, 0.15) is 12.1 Å². The number of hydrogen-bond acceptors (Lipinski definition) is 4. The maximum Gasteiger partial charge on any atom is 0.305 e. The molecule has 1 unspecified atom stereocenters. The van der Waals surface area contributed by atoms with E-state index in [0.29, 0.717) is 29.4 Å². The van der Waals surface area contributed by atoms with Gasteiger partial charge in [-0.05, 0) is 18.2 Å². The van der Waals surface area contributed by atoms with Crippen LogP contribution in [-0.4, -0.2) is 36.1 Å². The Labute approximate surface area is 120 Å². The average Bonchev–Trinajstić information content (AvgIpc) is 2.40. The second kappa shape index (κ2) is 5.80. The maximum atomic E-state index is 11.9. The molecular formula is C13H12ClN3O3. The first-order chi connectivity index (χ1) is 9.52. The van der Waals surface area contributed by atoms with E-state index in [4.69, 9.17) is 22.0 Å². The number of hydrogen-bond donors (Lipinski definition) is 2. The molecule has 0 bridgehead atoms. The van der Waals surface area contributed by atoms with Gasteiger partial charge in [-0.3, -0.25) is 9.59 Å². The first kappa shape index (κ1) is 14.2. The number of rotatable bonds is 3. The van der Waals surface area contributed by atoms with Gasteiger partial charge in [-0.1, -0.05) is 11.6 Å². The second-order valence-corrected chi connectivity index (χ2v) is 4.81. The molecular weight excluding hydrogens is 282 g/mol. The van der Waals surface area contributed by atoms with Gasteiger partial charge in [-0.15, -0.1) is 0 Å². The van der Waals surface area contributed by atoms with Crippen molar-refractivity contribution >= 4 is 29.2 Å². The van der Waals surface area contributed by atoms with Gasteiger partial charge in [-0.2, -0.15) is 5.26 Å². The van der Waals surface area contributed by atoms with Crippen LogP contribution in [0, 0.1) is 11.3 Å². The summed E-state index contributed by atoms with van der Waals surface area (Å²) < 4.78 is 0. The van der Waals surface area contributed by atoms with E-state index < -0.39 is 12.0 Å². The summed E-state index contributed by atoms with van der Waals surface area (Å²) in [6.45, 7) is 0.824. The van der Waals surface area contributed by atoms with Crippen LogP contribution in [0.15, 0.2) is 18.2 Å². The Morgan fingerprint density at radius 2 is 2.35 bits per heavy atom. The van der Waals surface area contributed by atoms with Crippen LogP contribution in [-0.2, 0) is 9.59 Å². The van der Waals surface area contributed by atoms with Gasteiger partial charge in [0.05, 0.1) is 17.7 Å². The molecule has 1 atom stereocenters. The standard InChI is InChI=1S/C13H12ClN3O3/c14-9-2-1-8(7-15)10(5-9)17-4-3-16-13(20)11(17)6-12(18)19/h1-2,5,11H,3-4,6H2,(H,16,20)(H,18,19). The summed E-state index contributed by atoms with van der Waals surface area (Å²) in [7, 11) is 0. The van der Waals surface area contributed by atoms with Crippen molar-refractivity contribution in [3.05, 3.63) is 28.8 Å². The number of anilines is 1. The van der Waals surface area contributed by atoms with E-state index in [1.54, 1.807) is 23.1 Å². The van der Waals surface area contributed by atoms with Crippen molar-refractivity contribution in [2.45, 2.75) is 12.5 Å². The molecule has 2 N–H and O–H groups in total. The number of carboxylic acid groups (broad SMARTS) is 1. The minimum absolute atomic E-state index is 0.330. The van der Waals surface area contributed by atoms with Crippen molar-refractivity contribution in [1.29, 1.82) is 5.26 Å². The molecule has 1 aliphatic heterocycles. The summed E-state index contributed by atoms with van der Waals surface area (Å²) in [6.07, 6.45) is -0.330. The number of carbonyl (C=O) groups is 2. The SMILES string of the molecule is N#Cc1ccc(Cl)cc1N1CCNC(=O)C1CC(=O)O. The van der Waals surface area contributed by atoms with Gasteiger partial charge >= 0.3 is 5.97 Å². The lowest BCUT2D eigenvalue weighted by Gasteiger charge is -2.36. The van der Waals surface area contributed by atoms with Gasteiger partial charge in [0.15, 0.2) is 0 Å². The predicted molar refractivity (Wildman–Crippen MR) is 72.6 cm³/mol. The number of nitriles is 1. The van der Waals surface area contributed by atoms with Crippen LogP contribution in [0.5, 0.6) is 0 Å². The summed E-state index contributed by atoms with van der Waals surface area (Å²) in [5, 5.41) is 21.1. The number of carboxylic acids is 1. The topological polar surface area (TPSA) is 93.4 Å². The van der Waals surface area contributed by atoms with Crippen molar-refractivity contribution in [3.8, 4) is 6.07 Å². The van der Waals surface area contributed by atoms with Crippen LogP contribution in [0.1, 0.15) is 12.0 Å². The predicted octanol–water partition coefficient (Wildman–Crippen LogP) is 0.991. The van der Waals surface area contributed by atoms with Gasteiger partial charge in [0.2, 0.25) is 5.91 Å². The zero-order chi connectivity index (χ0) is 14.7. The third-order valence-electron chi connectivity index (χ3n) is 3.09. The fraction of sp³-hybridized carbons (Fsp3) is 0.308. The number of piperazine rings is 1. The number of benzene rings is 1. The first-order valence-corrected chi connectivity index (χ1v) is 6.36. The Morgan fingerprint density at radius 3 is 3.00 bits per heavy atom. The average molecular weight is 294 g/mol. The monoisotopic (exact) mass is 293 g/mol. The van der Waals surface area contributed by atoms with Crippen LogP contribution in [0.2, 0.25) is 5.02 Å². The zero-order valence-electron chi connectivity index (χ0n) is 10.5. The van der Waals surface area contributed by atoms with E-state index in [-0.39, 0.29) is 12.3 Å². The molecule has 20 heavy (non-hydrogen) atoms. The first-order valence-electron chi connectivity index (χ1n) is 5.98. The van der Waals surface area contributed by atoms with Gasteiger partial charge in [0, 0.05) is 18.1 Å². The second-order valence-electron chi connectivity index (χ2n) is 4.37. The van der Waals surface area contributed by atoms with Crippen LogP contribution in [0.25, 0.3) is 0 Å². The molecule has 1 fully saturated rings. The van der Waals surface area contributed by atoms with Gasteiger partial charge in [0.25, 0.3) is 0 Å². The van der Waals surface area contributed by atoms with E-state index in [1.165, 1.54) is 0 Å². The molecule has 1 aromatic rings. The fourth-order valence-corrected chi connectivity index (χ4v) is 2.37. The quantitative estimate of drug-likeness (QED) is 0.867. The molecule has 1 saturated heterocycles. The van der Waals surface area contributed by atoms with E-state index in [2.05, 4.69) is 5.32 Å². The molecule has 1 aliphatic rings.